The first-order valence-corrected chi connectivity index (χ1v) is 6.69. The molecule has 6 nitrogen and oxygen atoms in total. The molecule has 1 atom stereocenters. The summed E-state index contributed by atoms with van der Waals surface area (Å²) >= 11 is 5.85. The summed E-state index contributed by atoms with van der Waals surface area (Å²) in [6.45, 7) is 4.56. The van der Waals surface area contributed by atoms with Gasteiger partial charge in [0.25, 0.3) is 0 Å². The third-order valence-corrected chi connectivity index (χ3v) is 3.12. The summed E-state index contributed by atoms with van der Waals surface area (Å²) in [6, 6.07) is 7.15. The van der Waals surface area contributed by atoms with Crippen molar-refractivity contribution in [3.8, 4) is 5.75 Å². The van der Waals surface area contributed by atoms with Crippen LogP contribution in [0, 0.1) is 0 Å². The van der Waals surface area contributed by atoms with Gasteiger partial charge < -0.3 is 16.2 Å². The molecule has 20 heavy (non-hydrogen) atoms. The predicted molar refractivity (Wildman–Crippen MR) is 79.9 cm³/mol. The summed E-state index contributed by atoms with van der Waals surface area (Å²) < 4.78 is 5.86. The zero-order valence-electron chi connectivity index (χ0n) is 11.4. The molecule has 0 fully saturated rings. The Bertz CT molecular complexity index is 540. The molecule has 0 amide bonds. The van der Waals surface area contributed by atoms with Crippen LogP contribution in [0.15, 0.2) is 40.8 Å². The molecule has 1 unspecified atom stereocenters. The van der Waals surface area contributed by atoms with Gasteiger partial charge in [-0.1, -0.05) is 11.6 Å². The van der Waals surface area contributed by atoms with E-state index in [1.165, 1.54) is 0 Å². The van der Waals surface area contributed by atoms with Crippen molar-refractivity contribution in [1.82, 2.24) is 10.4 Å². The average molecular weight is 296 g/mol. The lowest BCUT2D eigenvalue weighted by Gasteiger charge is -2.33. The van der Waals surface area contributed by atoms with E-state index >= 15 is 0 Å². The van der Waals surface area contributed by atoms with Gasteiger partial charge in [-0.15, -0.1) is 0 Å². The SMILES string of the molecule is CCN1NC(N)=NC(N)=C1C(C)Oc1ccc(Cl)cc1. The van der Waals surface area contributed by atoms with Crippen LogP contribution in [0.1, 0.15) is 13.8 Å². The van der Waals surface area contributed by atoms with Crippen LogP contribution in [0.2, 0.25) is 5.02 Å². The van der Waals surface area contributed by atoms with Gasteiger partial charge in [-0.3, -0.25) is 10.4 Å². The summed E-state index contributed by atoms with van der Waals surface area (Å²) in [4.78, 5) is 4.04. The molecule has 1 aliphatic heterocycles. The summed E-state index contributed by atoms with van der Waals surface area (Å²) in [6.07, 6.45) is -0.277. The number of nitrogens with two attached hydrogens (primary N) is 2. The fraction of sp³-hybridized carbons (Fsp3) is 0.308. The van der Waals surface area contributed by atoms with E-state index in [1.807, 2.05) is 18.9 Å². The van der Waals surface area contributed by atoms with Crippen LogP contribution in [-0.2, 0) is 0 Å². The number of ether oxygens (including phenoxy) is 1. The monoisotopic (exact) mass is 295 g/mol. The van der Waals surface area contributed by atoms with Crippen molar-refractivity contribution in [3.63, 3.8) is 0 Å². The van der Waals surface area contributed by atoms with Gasteiger partial charge in [0.2, 0.25) is 5.96 Å². The number of nitrogens with one attached hydrogen (secondary N) is 1. The molecule has 1 aromatic carbocycles. The van der Waals surface area contributed by atoms with Crippen LogP contribution in [0.25, 0.3) is 0 Å². The van der Waals surface area contributed by atoms with Gasteiger partial charge in [0.1, 0.15) is 17.6 Å². The summed E-state index contributed by atoms with van der Waals surface area (Å²) in [5, 5.41) is 2.48. The number of benzene rings is 1. The number of hydrogen-bond donors (Lipinski definition) is 3. The van der Waals surface area contributed by atoms with E-state index in [1.54, 1.807) is 24.3 Å². The van der Waals surface area contributed by atoms with Gasteiger partial charge >= 0.3 is 0 Å². The van der Waals surface area contributed by atoms with Crippen molar-refractivity contribution in [2.24, 2.45) is 16.5 Å². The number of nitrogens with zero attached hydrogens (tertiary/aromatic N) is 2. The van der Waals surface area contributed by atoms with E-state index < -0.39 is 0 Å². The van der Waals surface area contributed by atoms with Crippen LogP contribution >= 0.6 is 11.6 Å². The highest BCUT2D eigenvalue weighted by Gasteiger charge is 2.24. The third kappa shape index (κ3) is 3.08. The minimum absolute atomic E-state index is 0.270. The number of rotatable bonds is 4. The topological polar surface area (TPSA) is 88.9 Å². The van der Waals surface area contributed by atoms with E-state index in [2.05, 4.69) is 10.4 Å². The molecule has 0 bridgehead atoms. The highest BCUT2D eigenvalue weighted by molar-refractivity contribution is 6.30. The van der Waals surface area contributed by atoms with E-state index in [0.717, 1.165) is 5.70 Å². The van der Waals surface area contributed by atoms with Gasteiger partial charge in [0.15, 0.2) is 5.82 Å². The number of likely N-dealkylation sites (N-methyl/N-ethyl adjacent to an activating group) is 1. The van der Waals surface area contributed by atoms with E-state index in [4.69, 9.17) is 27.8 Å². The van der Waals surface area contributed by atoms with Gasteiger partial charge in [-0.25, -0.2) is 0 Å². The summed E-state index contributed by atoms with van der Waals surface area (Å²) in [7, 11) is 0. The maximum absolute atomic E-state index is 5.94. The first kappa shape index (κ1) is 14.3. The van der Waals surface area contributed by atoms with Crippen molar-refractivity contribution in [1.29, 1.82) is 0 Å². The minimum atomic E-state index is -0.277. The summed E-state index contributed by atoms with van der Waals surface area (Å²) in [5.74, 6) is 1.33. The lowest BCUT2D eigenvalue weighted by molar-refractivity contribution is 0.180. The molecule has 7 heteroatoms. The van der Waals surface area contributed by atoms with Crippen LogP contribution in [-0.4, -0.2) is 23.6 Å². The molecule has 108 valence electrons. The largest absolute Gasteiger partial charge is 0.484 e. The lowest BCUT2D eigenvalue weighted by atomic mass is 10.2. The van der Waals surface area contributed by atoms with Crippen LogP contribution in [0.3, 0.4) is 0 Å². The first-order chi connectivity index (χ1) is 9.51. The molecule has 0 radical (unpaired) electrons. The fourth-order valence-electron chi connectivity index (χ4n) is 2.00. The number of halogens is 1. The Hall–Kier alpha value is -2.08. The molecule has 0 saturated carbocycles. The van der Waals surface area contributed by atoms with Gasteiger partial charge in [0, 0.05) is 11.6 Å². The Labute approximate surface area is 123 Å². The Kier molecular flexibility index (Phi) is 4.24. The first-order valence-electron chi connectivity index (χ1n) is 6.31. The predicted octanol–water partition coefficient (Wildman–Crippen LogP) is 1.39. The molecular weight excluding hydrogens is 278 g/mol. The number of hydrogen-bond acceptors (Lipinski definition) is 6. The molecular formula is C13H18ClN5O. The standard InChI is InChI=1S/C13H18ClN5O/c1-3-19-11(12(15)17-13(16)18-19)8(2)20-10-6-4-9(14)5-7-10/h4-8H,3,15H2,1-2H3,(H3,16,17,18). The highest BCUT2D eigenvalue weighted by Crippen LogP contribution is 2.22. The molecule has 0 aromatic heterocycles. The molecule has 0 saturated heterocycles. The van der Waals surface area contributed by atoms with Crippen molar-refractivity contribution in [3.05, 3.63) is 40.8 Å². The maximum atomic E-state index is 5.94. The zero-order chi connectivity index (χ0) is 14.7. The molecule has 0 spiro atoms. The van der Waals surface area contributed by atoms with Gasteiger partial charge in [-0.05, 0) is 38.1 Å². The second-order valence-electron chi connectivity index (χ2n) is 4.34. The van der Waals surface area contributed by atoms with Gasteiger partial charge in [0.05, 0.1) is 0 Å². The second kappa shape index (κ2) is 5.92. The van der Waals surface area contributed by atoms with Crippen LogP contribution in [0.4, 0.5) is 0 Å². The highest BCUT2D eigenvalue weighted by atomic mass is 35.5. The number of guanidine groups is 1. The lowest BCUT2D eigenvalue weighted by Crippen LogP contribution is -2.51. The summed E-state index contributed by atoms with van der Waals surface area (Å²) in [5.41, 5.74) is 15.3. The smallest absolute Gasteiger partial charge is 0.214 e. The van der Waals surface area contributed by atoms with Crippen LogP contribution < -0.4 is 21.6 Å². The van der Waals surface area contributed by atoms with Gasteiger partial charge in [-0.2, -0.15) is 4.99 Å². The number of hydrazine groups is 1. The molecule has 1 heterocycles. The maximum Gasteiger partial charge on any atom is 0.214 e. The quantitative estimate of drug-likeness (QED) is 0.781. The van der Waals surface area contributed by atoms with E-state index in [9.17, 15) is 0 Å². The minimum Gasteiger partial charge on any atom is -0.484 e. The van der Waals surface area contributed by atoms with Crippen molar-refractivity contribution in [2.75, 3.05) is 6.54 Å². The van der Waals surface area contributed by atoms with Crippen LogP contribution in [0.5, 0.6) is 5.75 Å². The normalized spacial score (nSPS) is 16.6. The Morgan fingerprint density at radius 1 is 1.35 bits per heavy atom. The van der Waals surface area contributed by atoms with E-state index in [-0.39, 0.29) is 12.1 Å². The van der Waals surface area contributed by atoms with E-state index in [0.29, 0.717) is 23.1 Å². The molecule has 1 aromatic rings. The molecule has 5 N–H and O–H groups in total. The Morgan fingerprint density at radius 2 is 2.00 bits per heavy atom. The molecule has 0 aliphatic carbocycles. The van der Waals surface area contributed by atoms with Crippen molar-refractivity contribution < 1.29 is 4.74 Å². The Morgan fingerprint density at radius 3 is 2.60 bits per heavy atom. The van der Waals surface area contributed by atoms with Crippen molar-refractivity contribution in [2.45, 2.75) is 20.0 Å². The fourth-order valence-corrected chi connectivity index (χ4v) is 2.13. The second-order valence-corrected chi connectivity index (χ2v) is 4.77. The molecule has 2 rings (SSSR count). The Balaban J connectivity index is 2.20. The third-order valence-electron chi connectivity index (χ3n) is 2.87. The zero-order valence-corrected chi connectivity index (χ0v) is 12.2. The van der Waals surface area contributed by atoms with Crippen molar-refractivity contribution >= 4 is 17.6 Å². The molecule has 1 aliphatic rings. The number of aliphatic imine (C=N–C) groups is 1. The average Bonchev–Trinajstić information content (AvgIpc) is 2.40.